The maximum Gasteiger partial charge on any atom is 0.164 e. The number of nitrogens with zero attached hydrogens (tertiary/aromatic N) is 4. The molecule has 0 amide bonds. The first-order chi connectivity index (χ1) is 28.2. The molecule has 5 heterocycles. The first-order valence-electron chi connectivity index (χ1n) is 19.1. The Morgan fingerprint density at radius 3 is 2.07 bits per heavy atom. The molecule has 0 saturated heterocycles. The smallest absolute Gasteiger partial charge is 0.164 e. The van der Waals surface area contributed by atoms with Crippen molar-refractivity contribution in [2.75, 3.05) is 0 Å². The van der Waals surface area contributed by atoms with E-state index in [4.69, 9.17) is 19.4 Å². The Bertz CT molecular complexity index is 3890. The fourth-order valence-electron chi connectivity index (χ4n) is 9.03. The van der Waals surface area contributed by atoms with E-state index in [-0.39, 0.29) is 0 Å². The number of aromatic nitrogens is 4. The summed E-state index contributed by atoms with van der Waals surface area (Å²) in [5.74, 6) is 0.607. The van der Waals surface area contributed by atoms with E-state index >= 15 is 0 Å². The van der Waals surface area contributed by atoms with E-state index in [9.17, 15) is 0 Å². The summed E-state index contributed by atoms with van der Waals surface area (Å²) in [6.45, 7) is 0. The summed E-state index contributed by atoms with van der Waals surface area (Å²) < 4.78 is 11.5. The van der Waals surface area contributed by atoms with Crippen LogP contribution in [0.25, 0.3) is 125 Å². The number of para-hydroxylation sites is 1. The molecule has 6 bridgehead atoms. The van der Waals surface area contributed by atoms with Gasteiger partial charge in [-0.25, -0.2) is 15.0 Å². The Morgan fingerprint density at radius 1 is 0.439 bits per heavy atom. The number of furan rings is 1. The molecule has 264 valence electrons. The van der Waals surface area contributed by atoms with Gasteiger partial charge in [0.25, 0.3) is 0 Å². The van der Waals surface area contributed by atoms with Gasteiger partial charge < -0.3 is 8.98 Å². The second-order valence-corrected chi connectivity index (χ2v) is 15.8. The second kappa shape index (κ2) is 11.6. The molecule has 0 aliphatic carbocycles. The molecule has 0 radical (unpaired) electrons. The highest BCUT2D eigenvalue weighted by Crippen LogP contribution is 2.43. The van der Waals surface area contributed by atoms with Gasteiger partial charge in [-0.15, -0.1) is 11.3 Å². The molecule has 0 aliphatic rings. The number of benzene rings is 8. The fraction of sp³-hybridized carbons (Fsp3) is 0. The van der Waals surface area contributed by atoms with Gasteiger partial charge in [-0.2, -0.15) is 0 Å². The van der Waals surface area contributed by atoms with Crippen LogP contribution in [-0.2, 0) is 0 Å². The number of fused-ring (bicyclic) bond motifs is 17. The van der Waals surface area contributed by atoms with Crippen molar-refractivity contribution in [3.05, 3.63) is 170 Å². The van der Waals surface area contributed by atoms with Crippen molar-refractivity contribution in [1.82, 2.24) is 19.5 Å². The van der Waals surface area contributed by atoms with Crippen LogP contribution in [0.2, 0.25) is 0 Å². The lowest BCUT2D eigenvalue weighted by molar-refractivity contribution is 0.669. The van der Waals surface area contributed by atoms with Gasteiger partial charge in [-0.1, -0.05) is 121 Å². The van der Waals surface area contributed by atoms with Gasteiger partial charge in [0, 0.05) is 59.0 Å². The van der Waals surface area contributed by atoms with E-state index in [1.807, 2.05) is 23.5 Å². The molecule has 0 fully saturated rings. The lowest BCUT2D eigenvalue weighted by Crippen LogP contribution is -1.97. The summed E-state index contributed by atoms with van der Waals surface area (Å²) in [7, 11) is 0. The highest BCUT2D eigenvalue weighted by Gasteiger charge is 2.19. The largest absolute Gasteiger partial charge is 0.456 e. The second-order valence-electron chi connectivity index (χ2n) is 14.8. The van der Waals surface area contributed by atoms with Crippen LogP contribution < -0.4 is 0 Å². The van der Waals surface area contributed by atoms with Crippen molar-refractivity contribution in [3.8, 4) is 17.1 Å². The monoisotopic (exact) mass is 744 g/mol. The summed E-state index contributed by atoms with van der Waals surface area (Å²) in [6.07, 6.45) is 0. The number of hydrogen-bond donors (Lipinski definition) is 0. The normalized spacial score (nSPS) is 12.2. The molecule has 0 unspecified atom stereocenters. The SMILES string of the molecule is c1cc(-c2nc3nc(n2)c2cccc4oc5ccc(cc5c42)c2ccccc2c2cccc3c2)cc(-n2c3ccccc3c3ccc4c5ccccc5sc4c32)c1. The van der Waals surface area contributed by atoms with Gasteiger partial charge in [-0.3, -0.25) is 0 Å². The molecule has 0 aliphatic heterocycles. The van der Waals surface area contributed by atoms with Crippen molar-refractivity contribution in [2.45, 2.75) is 0 Å². The molecule has 8 aromatic carbocycles. The molecule has 5 aromatic heterocycles. The summed E-state index contributed by atoms with van der Waals surface area (Å²) in [4.78, 5) is 15.8. The van der Waals surface area contributed by atoms with E-state index < -0.39 is 0 Å². The average Bonchev–Trinajstić information content (AvgIpc) is 3.95. The molecule has 0 saturated carbocycles. The predicted molar refractivity (Wildman–Crippen MR) is 239 cm³/mol. The summed E-state index contributed by atoms with van der Waals surface area (Å²) in [6, 6.07) is 60.4. The van der Waals surface area contributed by atoms with Gasteiger partial charge in [0.15, 0.2) is 17.1 Å². The van der Waals surface area contributed by atoms with Crippen molar-refractivity contribution >= 4 is 119 Å². The van der Waals surface area contributed by atoms with Crippen LogP contribution in [0.5, 0.6) is 0 Å². The predicted octanol–water partition coefficient (Wildman–Crippen LogP) is 14.1. The zero-order chi connectivity index (χ0) is 37.2. The standard InChI is InChI=1S/C51H28N4OS/c1-2-15-35-30-22-25-43-41(28-30)46-40(18-9-20-44(46)56-43)51-53-49(31-11-7-10-29(26-31)34(35)14-1)52-50(54-51)32-12-8-13-33(27-32)55-42-19-5-3-16-36(42)38-23-24-39-37-17-4-6-21-45(37)57-48(39)47(38)55/h1-28H. The van der Waals surface area contributed by atoms with E-state index in [1.165, 1.54) is 36.5 Å². The van der Waals surface area contributed by atoms with Crippen LogP contribution in [-0.4, -0.2) is 19.5 Å². The molecular weight excluding hydrogens is 717 g/mol. The third-order valence-electron chi connectivity index (χ3n) is 11.6. The number of hydrogen-bond acceptors (Lipinski definition) is 5. The molecule has 57 heavy (non-hydrogen) atoms. The van der Waals surface area contributed by atoms with Crippen molar-refractivity contribution in [1.29, 1.82) is 0 Å². The van der Waals surface area contributed by atoms with Gasteiger partial charge >= 0.3 is 0 Å². The summed E-state index contributed by atoms with van der Waals surface area (Å²) >= 11 is 1.86. The average molecular weight is 745 g/mol. The third kappa shape index (κ3) is 4.47. The Labute approximate surface area is 328 Å². The van der Waals surface area contributed by atoms with Crippen molar-refractivity contribution in [2.24, 2.45) is 0 Å². The van der Waals surface area contributed by atoms with E-state index in [1.54, 1.807) is 0 Å². The lowest BCUT2D eigenvalue weighted by Gasteiger charge is -2.11. The molecule has 13 aromatic rings. The summed E-state index contributed by atoms with van der Waals surface area (Å²) in [5.41, 5.74) is 7.17. The number of thiophene rings is 1. The first kappa shape index (κ1) is 30.9. The quantitative estimate of drug-likeness (QED) is 0.177. The zero-order valence-corrected chi connectivity index (χ0v) is 31.1. The van der Waals surface area contributed by atoms with Crippen LogP contribution in [0.15, 0.2) is 174 Å². The molecule has 0 spiro atoms. The van der Waals surface area contributed by atoms with Crippen LogP contribution in [0.3, 0.4) is 0 Å². The highest BCUT2D eigenvalue weighted by atomic mass is 32.1. The highest BCUT2D eigenvalue weighted by molar-refractivity contribution is 7.26. The van der Waals surface area contributed by atoms with Crippen LogP contribution in [0.4, 0.5) is 0 Å². The zero-order valence-electron chi connectivity index (χ0n) is 30.3. The van der Waals surface area contributed by atoms with Gasteiger partial charge in [-0.05, 0) is 70.1 Å². The molecule has 0 atom stereocenters. The minimum absolute atomic E-state index is 0.602. The van der Waals surface area contributed by atoms with Crippen molar-refractivity contribution in [3.63, 3.8) is 0 Å². The maximum atomic E-state index is 6.47. The molecule has 6 heteroatoms. The fourth-order valence-corrected chi connectivity index (χ4v) is 10.3. The first-order valence-corrected chi connectivity index (χ1v) is 19.9. The number of rotatable bonds is 2. The molecule has 5 nitrogen and oxygen atoms in total. The summed E-state index contributed by atoms with van der Waals surface area (Å²) in [5, 5.41) is 13.4. The van der Waals surface area contributed by atoms with Gasteiger partial charge in [0.2, 0.25) is 0 Å². The van der Waals surface area contributed by atoms with Crippen molar-refractivity contribution < 1.29 is 4.42 Å². The minimum atomic E-state index is 0.602. The Balaban J connectivity index is 1.14. The third-order valence-corrected chi connectivity index (χ3v) is 12.8. The van der Waals surface area contributed by atoms with Gasteiger partial charge in [0.05, 0.1) is 15.7 Å². The van der Waals surface area contributed by atoms with Gasteiger partial charge in [0.1, 0.15) is 11.2 Å². The van der Waals surface area contributed by atoms with Crippen LogP contribution in [0, 0.1) is 0 Å². The maximum absolute atomic E-state index is 6.47. The van der Waals surface area contributed by atoms with E-state index in [2.05, 4.69) is 162 Å². The molecular formula is C51H28N4OS. The Morgan fingerprint density at radius 2 is 1.16 bits per heavy atom. The van der Waals surface area contributed by atoms with Crippen LogP contribution in [0.1, 0.15) is 0 Å². The molecule has 13 rings (SSSR count). The van der Waals surface area contributed by atoms with Crippen LogP contribution >= 0.6 is 11.3 Å². The van der Waals surface area contributed by atoms with E-state index in [0.29, 0.717) is 17.1 Å². The van der Waals surface area contributed by atoms with E-state index in [0.717, 1.165) is 71.0 Å². The Kier molecular flexibility index (Phi) is 6.26. The minimum Gasteiger partial charge on any atom is -0.456 e. The topological polar surface area (TPSA) is 56.7 Å². The Hall–Kier alpha value is -7.41. The molecule has 0 N–H and O–H groups in total. The lowest BCUT2D eigenvalue weighted by atomic mass is 10.0.